The zero-order chi connectivity index (χ0) is 29.1. The number of rotatable bonds is 2. The van der Waals surface area contributed by atoms with Crippen LogP contribution in [0.15, 0.2) is 27.8 Å². The number of nitriles is 1. The van der Waals surface area contributed by atoms with Crippen LogP contribution in [0.3, 0.4) is 0 Å². The van der Waals surface area contributed by atoms with Crippen LogP contribution in [0.2, 0.25) is 0 Å². The van der Waals surface area contributed by atoms with Crippen LogP contribution >= 0.6 is 0 Å². The summed E-state index contributed by atoms with van der Waals surface area (Å²) < 4.78 is 5.99. The highest BCUT2D eigenvalue weighted by atomic mass is 16.5. The number of carbonyl (C=O) groups excluding carboxylic acids is 2. The molecule has 0 aromatic carbocycles. The van der Waals surface area contributed by atoms with Crippen molar-refractivity contribution in [3.63, 3.8) is 0 Å². The van der Waals surface area contributed by atoms with Crippen LogP contribution in [0.25, 0.3) is 0 Å². The number of carbonyl (C=O) groups is 2. The average molecular weight is 544 g/mol. The van der Waals surface area contributed by atoms with Crippen LogP contribution in [-0.4, -0.2) is 21.7 Å². The highest BCUT2D eigenvalue weighted by molar-refractivity contribution is 6.04. The Hall–Kier alpha value is -2.55. The largest absolute Gasteiger partial charge is 0.339 e. The molecule has 1 aromatic heterocycles. The second-order valence-corrected chi connectivity index (χ2v) is 15.8. The van der Waals surface area contributed by atoms with Gasteiger partial charge in [0.15, 0.2) is 17.4 Å². The number of nitrogens with zero attached hydrogens (tertiary/aromatic N) is 3. The van der Waals surface area contributed by atoms with E-state index < -0.39 is 10.8 Å². The molecule has 214 valence electrons. The van der Waals surface area contributed by atoms with E-state index in [1.165, 1.54) is 0 Å². The number of Topliss-reactive ketones (excluding diaryl/α,β-unsaturated/α-hetero) is 1. The third-order valence-electron chi connectivity index (χ3n) is 13.1. The van der Waals surface area contributed by atoms with Gasteiger partial charge in [-0.15, -0.1) is 0 Å². The van der Waals surface area contributed by atoms with Crippen molar-refractivity contribution in [1.29, 1.82) is 5.26 Å². The summed E-state index contributed by atoms with van der Waals surface area (Å²) in [5.74, 6) is 1.67. The lowest BCUT2D eigenvalue weighted by Gasteiger charge is -2.68. The van der Waals surface area contributed by atoms with Gasteiger partial charge in [-0.25, -0.2) is 0 Å². The quantitative estimate of drug-likeness (QED) is 0.395. The minimum absolute atomic E-state index is 0.0547. The fourth-order valence-corrected chi connectivity index (χ4v) is 10.6. The topological polar surface area (TPSA) is 96.9 Å². The lowest BCUT2D eigenvalue weighted by atomic mass is 9.34. The molecule has 0 amide bonds. The molecule has 0 spiro atoms. The van der Waals surface area contributed by atoms with Gasteiger partial charge in [0.05, 0.1) is 11.0 Å². The van der Waals surface area contributed by atoms with E-state index >= 15 is 0 Å². The standard InChI is InChI=1S/C34H45N3O3/c1-9-25-36-28(40-37-25)34-14-12-29(2,3)18-21(34)26-22(38)16-24-31(6)17-20(19-35)27(39)30(4,5)23(31)10-11-32(24,7)33(26,8)13-15-34/h16-17,21,23,26H,9-15,18H2,1-8H3/t21-,23-,26-,31-,32+,33+,34-/m0/s1. The second-order valence-electron chi connectivity index (χ2n) is 15.8. The number of hydrogen-bond acceptors (Lipinski definition) is 6. The number of aryl methyl sites for hydroxylation is 1. The van der Waals surface area contributed by atoms with Gasteiger partial charge in [0.2, 0.25) is 5.89 Å². The van der Waals surface area contributed by atoms with Gasteiger partial charge in [-0.05, 0) is 79.1 Å². The maximum atomic E-state index is 14.6. The summed E-state index contributed by atoms with van der Waals surface area (Å²) in [7, 11) is 0. The zero-order valence-electron chi connectivity index (χ0n) is 25.6. The van der Waals surface area contributed by atoms with Crippen LogP contribution in [0.5, 0.6) is 0 Å². The molecule has 1 aromatic rings. The molecule has 0 bridgehead atoms. The van der Waals surface area contributed by atoms with Gasteiger partial charge in [0.1, 0.15) is 6.07 Å². The first kappa shape index (κ1) is 27.6. The Morgan fingerprint density at radius 2 is 1.73 bits per heavy atom. The van der Waals surface area contributed by atoms with Gasteiger partial charge in [0.25, 0.3) is 0 Å². The Kier molecular flexibility index (Phi) is 5.70. The summed E-state index contributed by atoms with van der Waals surface area (Å²) >= 11 is 0. The molecule has 6 heteroatoms. The van der Waals surface area contributed by atoms with E-state index in [0.29, 0.717) is 0 Å². The van der Waals surface area contributed by atoms with Crippen molar-refractivity contribution < 1.29 is 14.1 Å². The van der Waals surface area contributed by atoms with E-state index in [1.807, 2.05) is 32.9 Å². The Morgan fingerprint density at radius 1 is 1.02 bits per heavy atom. The van der Waals surface area contributed by atoms with Gasteiger partial charge >= 0.3 is 0 Å². The van der Waals surface area contributed by atoms with Crippen LogP contribution in [-0.2, 0) is 21.4 Å². The third kappa shape index (κ3) is 3.27. The molecule has 7 atom stereocenters. The number of aromatic nitrogens is 2. The molecule has 0 aliphatic heterocycles. The highest BCUT2D eigenvalue weighted by Crippen LogP contribution is 2.74. The average Bonchev–Trinajstić information content (AvgIpc) is 3.37. The molecule has 5 aliphatic rings. The summed E-state index contributed by atoms with van der Waals surface area (Å²) in [6.07, 6.45) is 11.3. The van der Waals surface area contributed by atoms with Gasteiger partial charge < -0.3 is 4.52 Å². The second kappa shape index (κ2) is 8.26. The van der Waals surface area contributed by atoms with E-state index in [1.54, 1.807) is 0 Å². The SMILES string of the molecule is CCc1noc([C@]23CCC(C)(C)C[C@H]2[C@H]2C(=O)C=C4[C@@]5(C)C=C(C#N)C(=O)C(C)(C)[C@@H]5CC[C@@]4(C)[C@]2(C)CC3)n1. The maximum absolute atomic E-state index is 14.6. The first-order valence-corrected chi connectivity index (χ1v) is 15.4. The Bertz CT molecular complexity index is 1410. The number of fused-ring (bicyclic) bond motifs is 7. The van der Waals surface area contributed by atoms with E-state index in [4.69, 9.17) is 9.51 Å². The van der Waals surface area contributed by atoms with Gasteiger partial charge in [-0.1, -0.05) is 72.2 Å². The zero-order valence-corrected chi connectivity index (χ0v) is 25.6. The molecule has 0 unspecified atom stereocenters. The molecule has 40 heavy (non-hydrogen) atoms. The number of hydrogen-bond donors (Lipinski definition) is 0. The lowest BCUT2D eigenvalue weighted by molar-refractivity contribution is -0.161. The Morgan fingerprint density at radius 3 is 2.38 bits per heavy atom. The first-order valence-electron chi connectivity index (χ1n) is 15.4. The highest BCUT2D eigenvalue weighted by Gasteiger charge is 2.70. The summed E-state index contributed by atoms with van der Waals surface area (Å²) in [4.78, 5) is 32.8. The number of ketones is 2. The van der Waals surface area contributed by atoms with Crippen molar-refractivity contribution in [2.45, 2.75) is 112 Å². The van der Waals surface area contributed by atoms with Crippen LogP contribution in [0.1, 0.15) is 112 Å². The van der Waals surface area contributed by atoms with E-state index in [9.17, 15) is 14.9 Å². The minimum atomic E-state index is -0.651. The van der Waals surface area contributed by atoms with E-state index in [-0.39, 0.29) is 56.6 Å². The summed E-state index contributed by atoms with van der Waals surface area (Å²) in [5, 5.41) is 14.2. The molecule has 6 nitrogen and oxygen atoms in total. The molecule has 0 N–H and O–H groups in total. The van der Waals surface area contributed by atoms with E-state index in [2.05, 4.69) is 45.8 Å². The summed E-state index contributed by atoms with van der Waals surface area (Å²) in [5.41, 5.74) is -0.386. The molecule has 6 rings (SSSR count). The van der Waals surface area contributed by atoms with Gasteiger partial charge in [0, 0.05) is 23.2 Å². The molecular formula is C34H45N3O3. The Labute approximate surface area is 239 Å². The number of allylic oxidation sites excluding steroid dienone is 4. The lowest BCUT2D eigenvalue weighted by Crippen LogP contribution is -2.65. The van der Waals surface area contributed by atoms with Crippen LogP contribution in [0.4, 0.5) is 0 Å². The third-order valence-corrected chi connectivity index (χ3v) is 13.1. The smallest absolute Gasteiger partial charge is 0.233 e. The van der Waals surface area contributed by atoms with E-state index in [0.717, 1.165) is 68.7 Å². The van der Waals surface area contributed by atoms with Crippen molar-refractivity contribution >= 4 is 11.6 Å². The first-order chi connectivity index (χ1) is 18.6. The molecule has 3 saturated carbocycles. The maximum Gasteiger partial charge on any atom is 0.233 e. The predicted molar refractivity (Wildman–Crippen MR) is 152 cm³/mol. The molecule has 3 fully saturated rings. The monoisotopic (exact) mass is 543 g/mol. The fraction of sp³-hybridized carbons (Fsp3) is 0.735. The molecule has 0 saturated heterocycles. The van der Waals surface area contributed by atoms with Crippen molar-refractivity contribution in [2.75, 3.05) is 0 Å². The van der Waals surface area contributed by atoms with Crippen LogP contribution < -0.4 is 0 Å². The molecule has 1 heterocycles. The fourth-order valence-electron chi connectivity index (χ4n) is 10.6. The van der Waals surface area contributed by atoms with Gasteiger partial charge in [-0.2, -0.15) is 10.2 Å². The van der Waals surface area contributed by atoms with Crippen molar-refractivity contribution in [3.8, 4) is 6.07 Å². The summed E-state index contributed by atoms with van der Waals surface area (Å²) in [6.45, 7) is 17.7. The van der Waals surface area contributed by atoms with Crippen molar-refractivity contribution in [2.24, 2.45) is 44.8 Å². The van der Waals surface area contributed by atoms with Gasteiger partial charge in [-0.3, -0.25) is 9.59 Å². The van der Waals surface area contributed by atoms with Crippen LogP contribution in [0, 0.1) is 56.2 Å². The minimum Gasteiger partial charge on any atom is -0.339 e. The predicted octanol–water partition coefficient (Wildman–Crippen LogP) is 7.10. The molecule has 5 aliphatic carbocycles. The van der Waals surface area contributed by atoms with Crippen molar-refractivity contribution in [3.05, 3.63) is 35.0 Å². The van der Waals surface area contributed by atoms with Crippen molar-refractivity contribution in [1.82, 2.24) is 10.1 Å². The molecular weight excluding hydrogens is 498 g/mol. The normalized spacial score (nSPS) is 43.3. The molecule has 0 radical (unpaired) electrons. The Balaban J connectivity index is 1.53. The summed E-state index contributed by atoms with van der Waals surface area (Å²) in [6, 6.07) is 2.20.